The highest BCUT2D eigenvalue weighted by atomic mass is 16.1. The highest BCUT2D eigenvalue weighted by molar-refractivity contribution is 5.49. The molecule has 0 saturated heterocycles. The number of carbonyl (C=O) groups excluding carboxylic acids is 1. The highest BCUT2D eigenvalue weighted by Gasteiger charge is 1.97. The lowest BCUT2D eigenvalue weighted by molar-refractivity contribution is -0.107. The van der Waals surface area contributed by atoms with Crippen LogP contribution in [0.25, 0.3) is 0 Å². The number of nitrogens with zero attached hydrogens (tertiary/aromatic N) is 1. The average molecular weight is 177 g/mol. The van der Waals surface area contributed by atoms with E-state index in [-0.39, 0.29) is 0 Å². The second kappa shape index (κ2) is 5.36. The molecule has 0 atom stereocenters. The first kappa shape index (κ1) is 9.78. The van der Waals surface area contributed by atoms with Crippen molar-refractivity contribution in [3.8, 4) is 0 Å². The molecule has 0 N–H and O–H groups in total. The Morgan fingerprint density at radius 3 is 2.62 bits per heavy atom. The monoisotopic (exact) mass is 177 g/mol. The molecule has 0 heterocycles. The van der Waals surface area contributed by atoms with Crippen LogP contribution >= 0.6 is 0 Å². The van der Waals surface area contributed by atoms with Crippen LogP contribution in [0.5, 0.6) is 0 Å². The van der Waals surface area contributed by atoms with Crippen molar-refractivity contribution < 1.29 is 4.79 Å². The van der Waals surface area contributed by atoms with Crippen molar-refractivity contribution in [3.05, 3.63) is 30.3 Å². The van der Waals surface area contributed by atoms with Crippen molar-refractivity contribution in [1.29, 1.82) is 0 Å². The minimum absolute atomic E-state index is 0.650. The lowest BCUT2D eigenvalue weighted by Gasteiger charge is -2.18. The van der Waals surface area contributed by atoms with Crippen LogP contribution in [-0.2, 0) is 4.79 Å². The van der Waals surface area contributed by atoms with Crippen LogP contribution in [0.2, 0.25) is 0 Å². The van der Waals surface area contributed by atoms with Crippen LogP contribution in [0.15, 0.2) is 30.3 Å². The Morgan fingerprint density at radius 1 is 1.31 bits per heavy atom. The molecule has 0 spiro atoms. The molecule has 0 saturated carbocycles. The SMILES string of the molecule is CN(CCCC=O)c1ccccc1. The van der Waals surface area contributed by atoms with Gasteiger partial charge in [-0.15, -0.1) is 0 Å². The second-order valence-corrected chi connectivity index (χ2v) is 3.07. The van der Waals surface area contributed by atoms with E-state index in [2.05, 4.69) is 17.0 Å². The van der Waals surface area contributed by atoms with Gasteiger partial charge in [0.25, 0.3) is 0 Å². The maximum Gasteiger partial charge on any atom is 0.120 e. The zero-order valence-electron chi connectivity index (χ0n) is 7.94. The Hall–Kier alpha value is -1.31. The van der Waals surface area contributed by atoms with Gasteiger partial charge in [0.15, 0.2) is 0 Å². The summed E-state index contributed by atoms with van der Waals surface area (Å²) in [5.41, 5.74) is 1.20. The van der Waals surface area contributed by atoms with Crippen LogP contribution in [-0.4, -0.2) is 19.9 Å². The van der Waals surface area contributed by atoms with E-state index in [9.17, 15) is 4.79 Å². The molecule has 0 amide bonds. The third-order valence-electron chi connectivity index (χ3n) is 2.01. The first-order chi connectivity index (χ1) is 6.34. The summed E-state index contributed by atoms with van der Waals surface area (Å²) in [6, 6.07) is 10.2. The van der Waals surface area contributed by atoms with Crippen molar-refractivity contribution in [3.63, 3.8) is 0 Å². The number of benzene rings is 1. The van der Waals surface area contributed by atoms with Gasteiger partial charge in [0, 0.05) is 25.7 Å². The lowest BCUT2D eigenvalue weighted by Crippen LogP contribution is -2.18. The number of aldehydes is 1. The number of hydrogen-bond acceptors (Lipinski definition) is 2. The van der Waals surface area contributed by atoms with Gasteiger partial charge in [-0.3, -0.25) is 0 Å². The van der Waals surface area contributed by atoms with Crippen LogP contribution in [0.1, 0.15) is 12.8 Å². The van der Waals surface area contributed by atoms with Gasteiger partial charge in [0.2, 0.25) is 0 Å². The smallest absolute Gasteiger partial charge is 0.120 e. The third kappa shape index (κ3) is 3.28. The van der Waals surface area contributed by atoms with E-state index in [0.717, 1.165) is 19.3 Å². The topological polar surface area (TPSA) is 20.3 Å². The van der Waals surface area contributed by atoms with E-state index < -0.39 is 0 Å². The zero-order valence-corrected chi connectivity index (χ0v) is 7.94. The Kier molecular flexibility index (Phi) is 4.03. The number of hydrogen-bond donors (Lipinski definition) is 0. The normalized spacial score (nSPS) is 9.62. The summed E-state index contributed by atoms with van der Waals surface area (Å²) in [4.78, 5) is 12.3. The second-order valence-electron chi connectivity index (χ2n) is 3.07. The molecule has 0 unspecified atom stereocenters. The van der Waals surface area contributed by atoms with Gasteiger partial charge in [0.1, 0.15) is 6.29 Å². The standard InChI is InChI=1S/C11H15NO/c1-12(9-5-6-10-13)11-7-3-2-4-8-11/h2-4,7-8,10H,5-6,9H2,1H3. The van der Waals surface area contributed by atoms with E-state index in [1.807, 2.05) is 25.2 Å². The van der Waals surface area contributed by atoms with Gasteiger partial charge in [-0.25, -0.2) is 0 Å². The van der Waals surface area contributed by atoms with Gasteiger partial charge in [0.05, 0.1) is 0 Å². The Morgan fingerprint density at radius 2 is 2.00 bits per heavy atom. The fraction of sp³-hybridized carbons (Fsp3) is 0.364. The Bertz CT molecular complexity index is 246. The predicted molar refractivity (Wildman–Crippen MR) is 55.0 cm³/mol. The maximum absolute atomic E-state index is 10.1. The van der Waals surface area contributed by atoms with Gasteiger partial charge < -0.3 is 9.69 Å². The summed E-state index contributed by atoms with van der Waals surface area (Å²) in [7, 11) is 2.04. The molecule has 0 aromatic heterocycles. The molecule has 1 aromatic rings. The lowest BCUT2D eigenvalue weighted by atomic mass is 10.2. The maximum atomic E-state index is 10.1. The van der Waals surface area contributed by atoms with Crippen molar-refractivity contribution >= 4 is 12.0 Å². The molecule has 70 valence electrons. The van der Waals surface area contributed by atoms with Crippen LogP contribution in [0.3, 0.4) is 0 Å². The Labute approximate surface area is 79.2 Å². The average Bonchev–Trinajstić information content (AvgIpc) is 2.19. The molecule has 1 rings (SSSR count). The van der Waals surface area contributed by atoms with E-state index in [1.165, 1.54) is 5.69 Å². The summed E-state index contributed by atoms with van der Waals surface area (Å²) < 4.78 is 0. The fourth-order valence-electron chi connectivity index (χ4n) is 1.22. The number of unbranched alkanes of at least 4 members (excludes halogenated alkanes) is 1. The molecule has 1 aromatic carbocycles. The predicted octanol–water partition coefficient (Wildman–Crippen LogP) is 2.10. The minimum atomic E-state index is 0.650. The number of anilines is 1. The summed E-state index contributed by atoms with van der Waals surface area (Å²) in [5.74, 6) is 0. The summed E-state index contributed by atoms with van der Waals surface area (Å²) >= 11 is 0. The molecular weight excluding hydrogens is 162 g/mol. The van der Waals surface area contributed by atoms with E-state index in [0.29, 0.717) is 6.42 Å². The minimum Gasteiger partial charge on any atom is -0.375 e. The van der Waals surface area contributed by atoms with Crippen LogP contribution < -0.4 is 4.90 Å². The first-order valence-electron chi connectivity index (χ1n) is 4.54. The summed E-state index contributed by atoms with van der Waals surface area (Å²) in [6.07, 6.45) is 2.55. The van der Waals surface area contributed by atoms with E-state index >= 15 is 0 Å². The number of para-hydroxylation sites is 1. The number of rotatable bonds is 5. The molecule has 0 radical (unpaired) electrons. The van der Waals surface area contributed by atoms with Crippen LogP contribution in [0, 0.1) is 0 Å². The van der Waals surface area contributed by atoms with Gasteiger partial charge in [-0.2, -0.15) is 0 Å². The first-order valence-corrected chi connectivity index (χ1v) is 4.54. The van der Waals surface area contributed by atoms with Gasteiger partial charge >= 0.3 is 0 Å². The molecule has 13 heavy (non-hydrogen) atoms. The van der Waals surface area contributed by atoms with Crippen LogP contribution in [0.4, 0.5) is 5.69 Å². The molecule has 2 nitrogen and oxygen atoms in total. The zero-order chi connectivity index (χ0) is 9.52. The quantitative estimate of drug-likeness (QED) is 0.507. The van der Waals surface area contributed by atoms with E-state index in [1.54, 1.807) is 0 Å². The molecule has 0 fully saturated rings. The number of carbonyl (C=O) groups is 1. The van der Waals surface area contributed by atoms with Crippen molar-refractivity contribution in [2.75, 3.05) is 18.5 Å². The highest BCUT2D eigenvalue weighted by Crippen LogP contribution is 2.10. The molecule has 0 aliphatic carbocycles. The largest absolute Gasteiger partial charge is 0.375 e. The summed E-state index contributed by atoms with van der Waals surface area (Å²) in [5, 5.41) is 0. The molecular formula is C11H15NO. The third-order valence-corrected chi connectivity index (χ3v) is 2.01. The van der Waals surface area contributed by atoms with Crippen molar-refractivity contribution in [2.45, 2.75) is 12.8 Å². The fourth-order valence-corrected chi connectivity index (χ4v) is 1.22. The van der Waals surface area contributed by atoms with Crippen molar-refractivity contribution in [1.82, 2.24) is 0 Å². The molecule has 2 heteroatoms. The van der Waals surface area contributed by atoms with Gasteiger partial charge in [-0.1, -0.05) is 18.2 Å². The van der Waals surface area contributed by atoms with Gasteiger partial charge in [-0.05, 0) is 18.6 Å². The van der Waals surface area contributed by atoms with Crippen molar-refractivity contribution in [2.24, 2.45) is 0 Å². The molecule has 0 aliphatic heterocycles. The molecule has 0 bridgehead atoms. The Balaban J connectivity index is 2.39. The summed E-state index contributed by atoms with van der Waals surface area (Å²) in [6.45, 7) is 0.933. The molecule has 0 aliphatic rings. The van der Waals surface area contributed by atoms with E-state index in [4.69, 9.17) is 0 Å².